The van der Waals surface area contributed by atoms with Crippen molar-refractivity contribution in [1.29, 1.82) is 0 Å². The van der Waals surface area contributed by atoms with Gasteiger partial charge in [-0.05, 0) is 13.5 Å². The van der Waals surface area contributed by atoms with Crippen LogP contribution in [0.15, 0.2) is 0 Å². The van der Waals surface area contributed by atoms with Crippen molar-refractivity contribution in [3.63, 3.8) is 0 Å². The van der Waals surface area contributed by atoms with Crippen LogP contribution >= 0.6 is 0 Å². The van der Waals surface area contributed by atoms with Crippen molar-refractivity contribution in [2.45, 2.75) is 18.6 Å². The first-order valence-electron chi connectivity index (χ1n) is 3.57. The van der Waals surface area contributed by atoms with Crippen LogP contribution in [-0.2, 0) is 4.74 Å². The first-order chi connectivity index (χ1) is 4.74. The molecule has 0 N–H and O–H groups in total. The summed E-state index contributed by atoms with van der Waals surface area (Å²) in [5, 5.41) is 0. The molecule has 1 saturated heterocycles. The summed E-state index contributed by atoms with van der Waals surface area (Å²) < 4.78 is 17.6. The fourth-order valence-electron chi connectivity index (χ4n) is 1.40. The Kier molecular flexibility index (Phi) is 2.63. The Bertz CT molecular complexity index is 110. The minimum absolute atomic E-state index is 0.292. The lowest BCUT2D eigenvalue weighted by molar-refractivity contribution is 0.129. The molecule has 10 heavy (non-hydrogen) atoms. The molecule has 2 atom stereocenters. The third-order valence-electron chi connectivity index (χ3n) is 2.00. The number of nitrogens with zero attached hydrogens (tertiary/aromatic N) is 1. The van der Waals surface area contributed by atoms with Crippen molar-refractivity contribution in [3.05, 3.63) is 0 Å². The second kappa shape index (κ2) is 3.30. The summed E-state index contributed by atoms with van der Waals surface area (Å²) in [6.45, 7) is 1.21. The maximum Gasteiger partial charge on any atom is 0.114 e. The van der Waals surface area contributed by atoms with Gasteiger partial charge in [0.25, 0.3) is 0 Å². The molecule has 0 saturated carbocycles. The van der Waals surface area contributed by atoms with Gasteiger partial charge in [-0.25, -0.2) is 4.39 Å². The first-order valence-corrected chi connectivity index (χ1v) is 3.57. The Morgan fingerprint density at radius 1 is 1.70 bits per heavy atom. The van der Waals surface area contributed by atoms with Crippen LogP contribution < -0.4 is 0 Å². The molecule has 1 aliphatic heterocycles. The van der Waals surface area contributed by atoms with E-state index >= 15 is 0 Å². The normalized spacial score (nSPS) is 35.1. The number of rotatable bonds is 2. The van der Waals surface area contributed by atoms with Crippen LogP contribution in [0.2, 0.25) is 0 Å². The molecule has 0 aromatic carbocycles. The third-order valence-corrected chi connectivity index (χ3v) is 2.00. The van der Waals surface area contributed by atoms with Crippen molar-refractivity contribution >= 4 is 0 Å². The molecule has 0 amide bonds. The molecule has 1 aliphatic rings. The van der Waals surface area contributed by atoms with E-state index < -0.39 is 6.17 Å². The van der Waals surface area contributed by atoms with Gasteiger partial charge in [-0.1, -0.05) is 0 Å². The molecule has 0 aromatic heterocycles. The van der Waals surface area contributed by atoms with E-state index in [1.807, 2.05) is 11.9 Å². The molecule has 2 unspecified atom stereocenters. The van der Waals surface area contributed by atoms with Crippen molar-refractivity contribution in [2.75, 3.05) is 27.3 Å². The van der Waals surface area contributed by atoms with Gasteiger partial charge in [0.05, 0.1) is 6.61 Å². The van der Waals surface area contributed by atoms with Gasteiger partial charge in [0.2, 0.25) is 0 Å². The van der Waals surface area contributed by atoms with Crippen LogP contribution in [0.5, 0.6) is 0 Å². The van der Waals surface area contributed by atoms with Gasteiger partial charge < -0.3 is 4.74 Å². The molecule has 1 heterocycles. The molecule has 0 bridgehead atoms. The average Bonchev–Trinajstić information content (AvgIpc) is 2.13. The number of ether oxygens (including phenoxy) is 1. The van der Waals surface area contributed by atoms with Crippen molar-refractivity contribution in [3.8, 4) is 0 Å². The molecular formula is C7H14FNO. The monoisotopic (exact) mass is 147 g/mol. The zero-order valence-corrected chi connectivity index (χ0v) is 6.51. The number of alkyl halides is 1. The number of halogens is 1. The number of likely N-dealkylation sites (N-methyl/N-ethyl adjacent to an activating group) is 1. The molecule has 60 valence electrons. The van der Waals surface area contributed by atoms with Crippen LogP contribution in [0.3, 0.4) is 0 Å². The maximum absolute atomic E-state index is 12.7. The Hall–Kier alpha value is -0.150. The minimum atomic E-state index is -0.648. The van der Waals surface area contributed by atoms with Crippen LogP contribution in [0.4, 0.5) is 4.39 Å². The molecule has 1 rings (SSSR count). The largest absolute Gasteiger partial charge is 0.383 e. The quantitative estimate of drug-likeness (QED) is 0.569. The average molecular weight is 147 g/mol. The maximum atomic E-state index is 12.7. The first kappa shape index (κ1) is 7.95. The standard InChI is InChI=1S/C7H14FNO/c1-9-4-6(8)3-7(9)5-10-2/h6-7H,3-5H2,1-2H3. The van der Waals surface area contributed by atoms with Crippen LogP contribution in [0.25, 0.3) is 0 Å². The molecule has 0 radical (unpaired) electrons. The second-order valence-electron chi connectivity index (χ2n) is 2.88. The van der Waals surface area contributed by atoms with E-state index in [2.05, 4.69) is 0 Å². The fourth-order valence-corrected chi connectivity index (χ4v) is 1.40. The van der Waals surface area contributed by atoms with Gasteiger partial charge in [0.1, 0.15) is 6.17 Å². The number of likely N-dealkylation sites (tertiary alicyclic amines) is 1. The predicted molar refractivity (Wildman–Crippen MR) is 37.8 cm³/mol. The van der Waals surface area contributed by atoms with E-state index in [1.165, 1.54) is 0 Å². The number of hydrogen-bond donors (Lipinski definition) is 0. The van der Waals surface area contributed by atoms with Crippen molar-refractivity contribution in [1.82, 2.24) is 4.90 Å². The van der Waals surface area contributed by atoms with Crippen LogP contribution in [0.1, 0.15) is 6.42 Å². The zero-order chi connectivity index (χ0) is 7.56. The summed E-state index contributed by atoms with van der Waals surface area (Å²) in [7, 11) is 3.59. The highest BCUT2D eigenvalue weighted by molar-refractivity contribution is 4.82. The van der Waals surface area contributed by atoms with E-state index in [1.54, 1.807) is 7.11 Å². The van der Waals surface area contributed by atoms with E-state index in [-0.39, 0.29) is 0 Å². The van der Waals surface area contributed by atoms with E-state index in [9.17, 15) is 4.39 Å². The number of hydrogen-bond acceptors (Lipinski definition) is 2. The Morgan fingerprint density at radius 3 is 2.80 bits per heavy atom. The summed E-state index contributed by atoms with van der Waals surface area (Å²) >= 11 is 0. The fraction of sp³-hybridized carbons (Fsp3) is 1.00. The lowest BCUT2D eigenvalue weighted by atomic mass is 10.2. The molecule has 3 heteroatoms. The molecule has 1 fully saturated rings. The highest BCUT2D eigenvalue weighted by atomic mass is 19.1. The van der Waals surface area contributed by atoms with Gasteiger partial charge >= 0.3 is 0 Å². The molecule has 0 spiro atoms. The zero-order valence-electron chi connectivity index (χ0n) is 6.51. The third kappa shape index (κ3) is 1.67. The van der Waals surface area contributed by atoms with E-state index in [0.29, 0.717) is 25.6 Å². The summed E-state index contributed by atoms with van der Waals surface area (Å²) in [6.07, 6.45) is -0.0187. The summed E-state index contributed by atoms with van der Waals surface area (Å²) in [5.74, 6) is 0. The van der Waals surface area contributed by atoms with E-state index in [0.717, 1.165) is 0 Å². The molecule has 0 aliphatic carbocycles. The van der Waals surface area contributed by atoms with Gasteiger partial charge in [0.15, 0.2) is 0 Å². The minimum Gasteiger partial charge on any atom is -0.383 e. The predicted octanol–water partition coefficient (Wildman–Crippen LogP) is 0.675. The lowest BCUT2D eigenvalue weighted by Crippen LogP contribution is -2.28. The molecule has 2 nitrogen and oxygen atoms in total. The van der Waals surface area contributed by atoms with Crippen molar-refractivity contribution in [2.24, 2.45) is 0 Å². The topological polar surface area (TPSA) is 12.5 Å². The smallest absolute Gasteiger partial charge is 0.114 e. The Labute approximate surface area is 61.0 Å². The highest BCUT2D eigenvalue weighted by Gasteiger charge is 2.28. The second-order valence-corrected chi connectivity index (χ2v) is 2.88. The van der Waals surface area contributed by atoms with Gasteiger partial charge in [-0.2, -0.15) is 0 Å². The van der Waals surface area contributed by atoms with Crippen molar-refractivity contribution < 1.29 is 9.13 Å². The van der Waals surface area contributed by atoms with E-state index in [4.69, 9.17) is 4.74 Å². The van der Waals surface area contributed by atoms with Crippen LogP contribution in [0, 0.1) is 0 Å². The summed E-state index contributed by atoms with van der Waals surface area (Å²) in [6, 6.07) is 0.292. The SMILES string of the molecule is COCC1CC(F)CN1C. The molecule has 0 aromatic rings. The van der Waals surface area contributed by atoms with Gasteiger partial charge in [-0.3, -0.25) is 4.90 Å². The highest BCUT2D eigenvalue weighted by Crippen LogP contribution is 2.17. The van der Waals surface area contributed by atoms with Crippen LogP contribution in [-0.4, -0.2) is 44.4 Å². The number of methoxy groups -OCH3 is 1. The summed E-state index contributed by atoms with van der Waals surface area (Å²) in [5.41, 5.74) is 0. The Balaban J connectivity index is 2.31. The summed E-state index contributed by atoms with van der Waals surface area (Å²) in [4.78, 5) is 2.01. The molecular weight excluding hydrogens is 133 g/mol. The van der Waals surface area contributed by atoms with Gasteiger partial charge in [0, 0.05) is 19.7 Å². The lowest BCUT2D eigenvalue weighted by Gasteiger charge is -2.16. The van der Waals surface area contributed by atoms with Gasteiger partial charge in [-0.15, -0.1) is 0 Å². The Morgan fingerprint density at radius 2 is 2.40 bits per heavy atom.